The lowest BCUT2D eigenvalue weighted by Crippen LogP contribution is -2.43. The first kappa shape index (κ1) is 19.9. The van der Waals surface area contributed by atoms with Gasteiger partial charge in [0.2, 0.25) is 11.9 Å². The molecule has 4 rings (SSSR count). The molecule has 0 saturated carbocycles. The van der Waals surface area contributed by atoms with Crippen LogP contribution in [0.2, 0.25) is 0 Å². The molecule has 2 aromatic carbocycles. The number of nitrogens with zero attached hydrogens (tertiary/aromatic N) is 3. The number of hydrogen-bond acceptors (Lipinski definition) is 4. The highest BCUT2D eigenvalue weighted by Gasteiger charge is 2.27. The van der Waals surface area contributed by atoms with Crippen molar-refractivity contribution in [1.82, 2.24) is 15.3 Å². The summed E-state index contributed by atoms with van der Waals surface area (Å²) in [6, 6.07) is 12.3. The molecule has 1 aliphatic rings. The number of anilines is 1. The second-order valence-electron chi connectivity index (χ2n) is 7.41. The third-order valence-corrected chi connectivity index (χ3v) is 5.27. The number of halogens is 2. The van der Waals surface area contributed by atoms with E-state index in [1.165, 1.54) is 24.3 Å². The Hall–Kier alpha value is -3.35. The molecule has 154 valence electrons. The molecule has 1 aromatic heterocycles. The van der Waals surface area contributed by atoms with Gasteiger partial charge in [-0.25, -0.2) is 18.7 Å². The minimum atomic E-state index is -0.293. The smallest absolute Gasteiger partial charge is 0.225 e. The maximum atomic E-state index is 13.1. The number of rotatable bonds is 5. The predicted molar refractivity (Wildman–Crippen MR) is 111 cm³/mol. The lowest BCUT2D eigenvalue weighted by Gasteiger charge is -2.32. The molecule has 7 heteroatoms. The molecule has 1 saturated heterocycles. The summed E-state index contributed by atoms with van der Waals surface area (Å²) in [5, 5.41) is 2.94. The number of benzene rings is 2. The van der Waals surface area contributed by atoms with Crippen LogP contribution in [0, 0.1) is 17.6 Å². The average molecular weight is 408 g/mol. The first-order valence-corrected chi connectivity index (χ1v) is 9.93. The summed E-state index contributed by atoms with van der Waals surface area (Å²) in [6.07, 6.45) is 5.11. The molecule has 1 N–H and O–H groups in total. The van der Waals surface area contributed by atoms with Gasteiger partial charge in [0.05, 0.1) is 5.92 Å². The highest BCUT2D eigenvalue weighted by atomic mass is 19.1. The fourth-order valence-corrected chi connectivity index (χ4v) is 3.58. The molecule has 5 nitrogen and oxygen atoms in total. The second-order valence-corrected chi connectivity index (χ2v) is 7.41. The van der Waals surface area contributed by atoms with Gasteiger partial charge in [0.1, 0.15) is 11.6 Å². The van der Waals surface area contributed by atoms with Crippen LogP contribution in [0.25, 0.3) is 11.1 Å². The van der Waals surface area contributed by atoms with E-state index in [-0.39, 0.29) is 23.5 Å². The monoisotopic (exact) mass is 408 g/mol. The quantitative estimate of drug-likeness (QED) is 0.695. The molecule has 0 bridgehead atoms. The third kappa shape index (κ3) is 4.79. The standard InChI is InChI=1S/C23H22F2N4O/c24-20-7-3-16(4-8-20)12-26-22(30)18-2-1-11-29(15-18)23-27-13-19(14-28-23)17-5-9-21(25)10-6-17/h3-10,13-14,18H,1-2,11-12,15H2,(H,26,30)/t18-/m0/s1. The van der Waals surface area contributed by atoms with E-state index < -0.39 is 0 Å². The Morgan fingerprint density at radius 2 is 1.60 bits per heavy atom. The van der Waals surface area contributed by atoms with E-state index in [1.807, 2.05) is 4.90 Å². The van der Waals surface area contributed by atoms with Gasteiger partial charge in [0, 0.05) is 37.6 Å². The van der Waals surface area contributed by atoms with E-state index in [0.29, 0.717) is 19.0 Å². The van der Waals surface area contributed by atoms with Crippen molar-refractivity contribution in [2.24, 2.45) is 5.92 Å². The van der Waals surface area contributed by atoms with Crippen LogP contribution in [-0.4, -0.2) is 29.0 Å². The zero-order valence-electron chi connectivity index (χ0n) is 16.4. The zero-order chi connectivity index (χ0) is 20.9. The highest BCUT2D eigenvalue weighted by molar-refractivity contribution is 5.79. The summed E-state index contributed by atoms with van der Waals surface area (Å²) in [5.74, 6) is -0.171. The van der Waals surface area contributed by atoms with Gasteiger partial charge in [-0.3, -0.25) is 4.79 Å². The molecule has 0 aliphatic carbocycles. The topological polar surface area (TPSA) is 58.1 Å². The fourth-order valence-electron chi connectivity index (χ4n) is 3.58. The van der Waals surface area contributed by atoms with E-state index in [1.54, 1.807) is 36.7 Å². The predicted octanol–water partition coefficient (Wildman–Crippen LogP) is 3.95. The van der Waals surface area contributed by atoms with Crippen molar-refractivity contribution < 1.29 is 13.6 Å². The van der Waals surface area contributed by atoms with E-state index in [4.69, 9.17) is 0 Å². The number of nitrogens with one attached hydrogen (secondary N) is 1. The molecular weight excluding hydrogens is 386 g/mol. The fraction of sp³-hybridized carbons (Fsp3) is 0.261. The molecular formula is C23H22F2N4O. The number of carbonyl (C=O) groups is 1. The molecule has 30 heavy (non-hydrogen) atoms. The average Bonchev–Trinajstić information content (AvgIpc) is 2.79. The summed E-state index contributed by atoms with van der Waals surface area (Å²) >= 11 is 0. The van der Waals surface area contributed by atoms with Gasteiger partial charge in [-0.2, -0.15) is 0 Å². The minimum Gasteiger partial charge on any atom is -0.352 e. The van der Waals surface area contributed by atoms with Gasteiger partial charge in [0.25, 0.3) is 0 Å². The highest BCUT2D eigenvalue weighted by Crippen LogP contribution is 2.23. The van der Waals surface area contributed by atoms with E-state index in [9.17, 15) is 13.6 Å². The summed E-state index contributed by atoms with van der Waals surface area (Å²) in [6.45, 7) is 1.71. The Labute approximate surface area is 173 Å². The lowest BCUT2D eigenvalue weighted by molar-refractivity contribution is -0.125. The molecule has 0 unspecified atom stereocenters. The maximum Gasteiger partial charge on any atom is 0.225 e. The third-order valence-electron chi connectivity index (χ3n) is 5.27. The number of carbonyl (C=O) groups excluding carboxylic acids is 1. The van der Waals surface area contributed by atoms with Crippen LogP contribution in [0.5, 0.6) is 0 Å². The number of amides is 1. The van der Waals surface area contributed by atoms with Crippen LogP contribution >= 0.6 is 0 Å². The van der Waals surface area contributed by atoms with Crippen molar-refractivity contribution in [1.29, 1.82) is 0 Å². The van der Waals surface area contributed by atoms with Gasteiger partial charge < -0.3 is 10.2 Å². The summed E-state index contributed by atoms with van der Waals surface area (Å²) in [7, 11) is 0. The van der Waals surface area contributed by atoms with Crippen LogP contribution in [0.4, 0.5) is 14.7 Å². The van der Waals surface area contributed by atoms with Gasteiger partial charge in [-0.05, 0) is 48.2 Å². The molecule has 1 atom stereocenters. The van der Waals surface area contributed by atoms with Gasteiger partial charge in [-0.15, -0.1) is 0 Å². The van der Waals surface area contributed by atoms with Crippen molar-refractivity contribution >= 4 is 11.9 Å². The van der Waals surface area contributed by atoms with Crippen molar-refractivity contribution in [3.8, 4) is 11.1 Å². The van der Waals surface area contributed by atoms with E-state index in [2.05, 4.69) is 15.3 Å². The summed E-state index contributed by atoms with van der Waals surface area (Å²) in [5.41, 5.74) is 2.51. The SMILES string of the molecule is O=C(NCc1ccc(F)cc1)[C@H]1CCCN(c2ncc(-c3ccc(F)cc3)cn2)C1. The van der Waals surface area contributed by atoms with Gasteiger partial charge in [-0.1, -0.05) is 24.3 Å². The van der Waals surface area contributed by atoms with Crippen LogP contribution < -0.4 is 10.2 Å². The molecule has 1 amide bonds. The van der Waals surface area contributed by atoms with E-state index >= 15 is 0 Å². The van der Waals surface area contributed by atoms with Gasteiger partial charge in [0.15, 0.2) is 0 Å². The summed E-state index contributed by atoms with van der Waals surface area (Å²) in [4.78, 5) is 23.5. The first-order chi connectivity index (χ1) is 14.6. The maximum absolute atomic E-state index is 13.1. The Kier molecular flexibility index (Phi) is 5.97. The van der Waals surface area contributed by atoms with Crippen LogP contribution in [0.1, 0.15) is 18.4 Å². The number of piperidine rings is 1. The van der Waals surface area contributed by atoms with Gasteiger partial charge >= 0.3 is 0 Å². The normalized spacial score (nSPS) is 16.3. The Bertz CT molecular complexity index is 991. The van der Waals surface area contributed by atoms with E-state index in [0.717, 1.165) is 36.1 Å². The minimum absolute atomic E-state index is 0.0213. The van der Waals surface area contributed by atoms with Crippen molar-refractivity contribution in [3.63, 3.8) is 0 Å². The summed E-state index contributed by atoms with van der Waals surface area (Å²) < 4.78 is 26.1. The Balaban J connectivity index is 1.36. The second kappa shape index (κ2) is 8.98. The molecule has 0 spiro atoms. The molecule has 1 fully saturated rings. The van der Waals surface area contributed by atoms with Crippen molar-refractivity contribution in [3.05, 3.63) is 78.1 Å². The van der Waals surface area contributed by atoms with Crippen LogP contribution in [0.3, 0.4) is 0 Å². The van der Waals surface area contributed by atoms with Crippen LogP contribution in [-0.2, 0) is 11.3 Å². The number of aromatic nitrogens is 2. The molecule has 2 heterocycles. The van der Waals surface area contributed by atoms with Crippen molar-refractivity contribution in [2.75, 3.05) is 18.0 Å². The lowest BCUT2D eigenvalue weighted by atomic mass is 9.97. The van der Waals surface area contributed by atoms with Crippen molar-refractivity contribution in [2.45, 2.75) is 19.4 Å². The number of hydrogen-bond donors (Lipinski definition) is 1. The largest absolute Gasteiger partial charge is 0.352 e. The molecule has 0 radical (unpaired) electrons. The molecule has 1 aliphatic heterocycles. The first-order valence-electron chi connectivity index (χ1n) is 9.93. The zero-order valence-corrected chi connectivity index (χ0v) is 16.4. The van der Waals surface area contributed by atoms with Crippen LogP contribution in [0.15, 0.2) is 60.9 Å². The molecule has 3 aromatic rings. The Morgan fingerprint density at radius 3 is 2.27 bits per heavy atom. The Morgan fingerprint density at radius 1 is 0.967 bits per heavy atom.